The van der Waals surface area contributed by atoms with E-state index in [0.29, 0.717) is 5.71 Å². The summed E-state index contributed by atoms with van der Waals surface area (Å²) in [6.07, 6.45) is 6.81. The van der Waals surface area contributed by atoms with E-state index in [2.05, 4.69) is 93.2 Å². The number of hydrogen-bond donors (Lipinski definition) is 1. The molecule has 1 aliphatic rings. The van der Waals surface area contributed by atoms with Crippen molar-refractivity contribution in [2.75, 3.05) is 39.6 Å². The minimum Gasteiger partial charge on any atom is -0.378 e. The van der Waals surface area contributed by atoms with Gasteiger partial charge in [0.25, 0.3) is 0 Å². The number of benzene rings is 2. The zero-order chi connectivity index (χ0) is 21.3. The van der Waals surface area contributed by atoms with Gasteiger partial charge in [-0.1, -0.05) is 36.4 Å². The Hall–Kier alpha value is -2.65. The molecule has 1 atom stereocenters. The molecule has 0 amide bonds. The first kappa shape index (κ1) is 21.1. The van der Waals surface area contributed by atoms with Crippen molar-refractivity contribution in [3.8, 4) is 0 Å². The van der Waals surface area contributed by atoms with E-state index < -0.39 is 0 Å². The molecule has 3 rings (SSSR count). The van der Waals surface area contributed by atoms with Crippen molar-refractivity contribution >= 4 is 11.4 Å². The highest BCUT2D eigenvalue weighted by Gasteiger charge is 2.21. The van der Waals surface area contributed by atoms with Crippen molar-refractivity contribution in [2.24, 2.45) is 0 Å². The van der Waals surface area contributed by atoms with Crippen LogP contribution in [0.2, 0.25) is 0 Å². The summed E-state index contributed by atoms with van der Waals surface area (Å²) < 4.78 is 0. The molecule has 0 saturated heterocycles. The predicted octanol–water partition coefficient (Wildman–Crippen LogP) is 5.24. The molecule has 1 N–H and O–H groups in total. The Labute approximate surface area is 175 Å². The van der Waals surface area contributed by atoms with Crippen LogP contribution in [0.25, 0.3) is 0 Å². The van der Waals surface area contributed by atoms with E-state index in [0.717, 1.165) is 23.4 Å². The molecule has 0 radical (unpaired) electrons. The summed E-state index contributed by atoms with van der Waals surface area (Å²) >= 11 is 0. The Bertz CT molecular complexity index is 993. The average molecular weight is 388 g/mol. The first-order valence-corrected chi connectivity index (χ1v) is 10.2. The topological polar surface area (TPSA) is 30.3 Å². The molecule has 0 spiro atoms. The molecule has 0 aromatic heterocycles. The van der Waals surface area contributed by atoms with E-state index in [1.165, 1.54) is 27.8 Å². The van der Waals surface area contributed by atoms with Crippen molar-refractivity contribution in [2.45, 2.75) is 26.7 Å². The summed E-state index contributed by atoms with van der Waals surface area (Å²) in [5.74, 6) is 0.211. The number of hydrogen-bond acceptors (Lipinski definition) is 3. The van der Waals surface area contributed by atoms with Gasteiger partial charge in [0.2, 0.25) is 0 Å². The number of aryl methyl sites for hydroxylation is 1. The molecule has 0 fully saturated rings. The third-order valence-electron chi connectivity index (χ3n) is 5.92. The molecule has 0 aliphatic heterocycles. The summed E-state index contributed by atoms with van der Waals surface area (Å²) in [4.78, 5) is 4.29. The number of nitrogens with one attached hydrogen (secondary N) is 1. The first-order valence-electron chi connectivity index (χ1n) is 10.2. The van der Waals surface area contributed by atoms with Gasteiger partial charge in [-0.25, -0.2) is 0 Å². The zero-order valence-electron chi connectivity index (χ0n) is 18.8. The third kappa shape index (κ3) is 4.35. The summed E-state index contributed by atoms with van der Waals surface area (Å²) in [5, 5.41) is 9.11. The zero-order valence-corrected chi connectivity index (χ0v) is 18.8. The van der Waals surface area contributed by atoms with Crippen LogP contribution < -0.4 is 4.90 Å². The maximum absolute atomic E-state index is 9.11. The molecule has 0 saturated carbocycles. The Morgan fingerprint density at radius 1 is 0.931 bits per heavy atom. The fraction of sp³-hybridized carbons (Fsp3) is 0.346. The van der Waals surface area contributed by atoms with Crippen LogP contribution in [-0.4, -0.2) is 45.3 Å². The lowest BCUT2D eigenvalue weighted by atomic mass is 9.87. The smallest absolute Gasteiger partial charge is 0.0691 e. The Balaban J connectivity index is 2.09. The minimum atomic E-state index is 0.211. The van der Waals surface area contributed by atoms with E-state index in [4.69, 9.17) is 5.41 Å². The van der Waals surface area contributed by atoms with Gasteiger partial charge in [-0.2, -0.15) is 0 Å². The van der Waals surface area contributed by atoms with E-state index in [9.17, 15) is 0 Å². The molecule has 2 aromatic rings. The normalized spacial score (nSPS) is 15.7. The number of nitrogens with zero attached hydrogens (tertiary/aromatic N) is 2. The molecule has 152 valence electrons. The molecule has 2 aromatic carbocycles. The van der Waals surface area contributed by atoms with E-state index in [1.807, 2.05) is 14.1 Å². The minimum absolute atomic E-state index is 0.211. The summed E-state index contributed by atoms with van der Waals surface area (Å²) in [6.45, 7) is 7.35. The van der Waals surface area contributed by atoms with Crippen molar-refractivity contribution in [3.63, 3.8) is 0 Å². The second-order valence-electron chi connectivity index (χ2n) is 8.59. The van der Waals surface area contributed by atoms with Crippen LogP contribution in [0.5, 0.6) is 0 Å². The van der Waals surface area contributed by atoms with Crippen LogP contribution in [-0.2, 0) is 0 Å². The Morgan fingerprint density at radius 2 is 1.66 bits per heavy atom. The predicted molar refractivity (Wildman–Crippen MR) is 126 cm³/mol. The lowest BCUT2D eigenvalue weighted by Crippen LogP contribution is -2.14. The number of allylic oxidation sites excluding steroid dienone is 2. The van der Waals surface area contributed by atoms with Gasteiger partial charge in [0.1, 0.15) is 0 Å². The molecule has 1 aliphatic carbocycles. The standard InChI is InChI=1S/C26H33N3/c1-17-8-12-23(19(3)18(17)2)26(27)25-15-22(29(6)7)11-13-24(25)21-10-9-20(14-21)16-28(4)5/h8-15,21,27H,16H2,1-7H3. The van der Waals surface area contributed by atoms with Crippen LogP contribution >= 0.6 is 0 Å². The molecule has 3 nitrogen and oxygen atoms in total. The van der Waals surface area contributed by atoms with Crippen molar-refractivity contribution in [1.29, 1.82) is 5.41 Å². The SMILES string of the molecule is Cc1ccc(C(=N)c2cc(N(C)C)ccc2C2C=CC(CN(C)C)=C2)c(C)c1C. The van der Waals surface area contributed by atoms with Crippen molar-refractivity contribution in [3.05, 3.63) is 87.5 Å². The van der Waals surface area contributed by atoms with Gasteiger partial charge >= 0.3 is 0 Å². The molecule has 1 unspecified atom stereocenters. The van der Waals surface area contributed by atoms with Crippen LogP contribution in [0, 0.1) is 26.2 Å². The number of likely N-dealkylation sites (N-methyl/N-ethyl adjacent to an activating group) is 1. The van der Waals surface area contributed by atoms with Gasteiger partial charge in [-0.05, 0) is 74.8 Å². The molecule has 29 heavy (non-hydrogen) atoms. The highest BCUT2D eigenvalue weighted by molar-refractivity contribution is 6.13. The van der Waals surface area contributed by atoms with Gasteiger partial charge in [-0.15, -0.1) is 0 Å². The second-order valence-corrected chi connectivity index (χ2v) is 8.59. The number of anilines is 1. The summed E-state index contributed by atoms with van der Waals surface area (Å²) in [7, 11) is 8.29. The van der Waals surface area contributed by atoms with Gasteiger partial charge in [0.05, 0.1) is 5.71 Å². The fourth-order valence-corrected chi connectivity index (χ4v) is 3.93. The Morgan fingerprint density at radius 3 is 2.31 bits per heavy atom. The van der Waals surface area contributed by atoms with E-state index in [-0.39, 0.29) is 5.92 Å². The maximum Gasteiger partial charge on any atom is 0.0691 e. The fourth-order valence-electron chi connectivity index (χ4n) is 3.93. The Kier molecular flexibility index (Phi) is 6.09. The first-order chi connectivity index (χ1) is 13.7. The molecular formula is C26H33N3. The molecule has 0 heterocycles. The van der Waals surface area contributed by atoms with Gasteiger partial charge in [0.15, 0.2) is 0 Å². The highest BCUT2D eigenvalue weighted by atomic mass is 15.1. The summed E-state index contributed by atoms with van der Waals surface area (Å²) in [6, 6.07) is 10.7. The number of rotatable bonds is 6. The van der Waals surface area contributed by atoms with Crippen LogP contribution in [0.15, 0.2) is 54.1 Å². The second kappa shape index (κ2) is 8.38. The quantitative estimate of drug-likeness (QED) is 0.688. The van der Waals surface area contributed by atoms with Crippen molar-refractivity contribution < 1.29 is 0 Å². The van der Waals surface area contributed by atoms with Gasteiger partial charge in [0, 0.05) is 43.4 Å². The molecule has 3 heteroatoms. The van der Waals surface area contributed by atoms with Gasteiger partial charge < -0.3 is 9.80 Å². The van der Waals surface area contributed by atoms with E-state index >= 15 is 0 Å². The lowest BCUT2D eigenvalue weighted by molar-refractivity contribution is 0.449. The largest absolute Gasteiger partial charge is 0.378 e. The van der Waals surface area contributed by atoms with E-state index in [1.54, 1.807) is 0 Å². The van der Waals surface area contributed by atoms with Crippen LogP contribution in [0.3, 0.4) is 0 Å². The average Bonchev–Trinajstić information content (AvgIpc) is 3.12. The third-order valence-corrected chi connectivity index (χ3v) is 5.92. The molecule has 0 bridgehead atoms. The van der Waals surface area contributed by atoms with Crippen LogP contribution in [0.1, 0.15) is 39.3 Å². The van der Waals surface area contributed by atoms with Crippen molar-refractivity contribution in [1.82, 2.24) is 4.90 Å². The molecular weight excluding hydrogens is 354 g/mol. The highest BCUT2D eigenvalue weighted by Crippen LogP contribution is 2.33. The maximum atomic E-state index is 9.11. The van der Waals surface area contributed by atoms with Crippen LogP contribution in [0.4, 0.5) is 5.69 Å². The van der Waals surface area contributed by atoms with Gasteiger partial charge in [-0.3, -0.25) is 5.41 Å². The summed E-state index contributed by atoms with van der Waals surface area (Å²) in [5.41, 5.74) is 10.0. The monoisotopic (exact) mass is 387 g/mol. The lowest BCUT2D eigenvalue weighted by Gasteiger charge is -2.21.